The minimum absolute atomic E-state index is 0.188. The van der Waals surface area contributed by atoms with E-state index in [0.29, 0.717) is 15.6 Å². The van der Waals surface area contributed by atoms with Gasteiger partial charge in [0.05, 0.1) is 11.3 Å². The maximum Gasteiger partial charge on any atom is 0.256 e. The van der Waals surface area contributed by atoms with Crippen molar-refractivity contribution >= 4 is 80.0 Å². The number of amides is 1. The molecule has 0 heterocycles. The quantitative estimate of drug-likeness (QED) is 0.527. The van der Waals surface area contributed by atoms with Crippen molar-refractivity contribution in [2.75, 3.05) is 5.32 Å². The Kier molecular flexibility index (Phi) is 5.33. The molecular weight excluding hydrogens is 511 g/mol. The third-order valence-electron chi connectivity index (χ3n) is 2.35. The highest BCUT2D eigenvalue weighted by Crippen LogP contribution is 2.24. The van der Waals surface area contributed by atoms with Gasteiger partial charge >= 0.3 is 0 Å². The summed E-state index contributed by atoms with van der Waals surface area (Å²) in [6.45, 7) is 0. The van der Waals surface area contributed by atoms with Crippen molar-refractivity contribution in [3.05, 3.63) is 59.1 Å². The van der Waals surface area contributed by atoms with Gasteiger partial charge in [-0.05, 0) is 81.6 Å². The number of carbonyl (C=O) groups excluding carboxylic acids is 1. The fourth-order valence-electron chi connectivity index (χ4n) is 1.45. The molecule has 2 aromatic carbocycles. The SMILES string of the molecule is O=C(Nc1ccc(Cl)cc1I)c1cc(Cl)ccc1I. The van der Waals surface area contributed by atoms with Crippen LogP contribution in [0.25, 0.3) is 0 Å². The summed E-state index contributed by atoms with van der Waals surface area (Å²) in [5.74, 6) is -0.188. The zero-order chi connectivity index (χ0) is 14.0. The van der Waals surface area contributed by atoms with Crippen LogP contribution in [-0.4, -0.2) is 5.91 Å². The van der Waals surface area contributed by atoms with E-state index in [0.717, 1.165) is 12.8 Å². The van der Waals surface area contributed by atoms with Gasteiger partial charge in [0.15, 0.2) is 0 Å². The summed E-state index contributed by atoms with van der Waals surface area (Å²) in [4.78, 5) is 12.2. The van der Waals surface area contributed by atoms with Crippen molar-refractivity contribution < 1.29 is 4.79 Å². The number of anilines is 1. The lowest BCUT2D eigenvalue weighted by molar-refractivity contribution is 0.102. The Balaban J connectivity index is 2.28. The summed E-state index contributed by atoms with van der Waals surface area (Å²) >= 11 is 16.0. The molecule has 0 saturated heterocycles. The molecule has 2 aromatic rings. The lowest BCUT2D eigenvalue weighted by Crippen LogP contribution is -2.14. The maximum atomic E-state index is 12.2. The first-order valence-corrected chi connectivity index (χ1v) is 8.10. The molecular formula is C13H7Cl2I2NO. The predicted molar refractivity (Wildman–Crippen MR) is 96.3 cm³/mol. The summed E-state index contributed by atoms with van der Waals surface area (Å²) in [6.07, 6.45) is 0. The van der Waals surface area contributed by atoms with E-state index in [1.165, 1.54) is 0 Å². The highest BCUT2D eigenvalue weighted by molar-refractivity contribution is 14.1. The number of benzene rings is 2. The molecule has 0 aliphatic heterocycles. The van der Waals surface area contributed by atoms with Crippen molar-refractivity contribution in [2.24, 2.45) is 0 Å². The van der Waals surface area contributed by atoms with Gasteiger partial charge in [-0.25, -0.2) is 0 Å². The van der Waals surface area contributed by atoms with E-state index < -0.39 is 0 Å². The van der Waals surface area contributed by atoms with Crippen molar-refractivity contribution in [2.45, 2.75) is 0 Å². The van der Waals surface area contributed by atoms with Crippen LogP contribution in [0.1, 0.15) is 10.4 Å². The number of hydrogen-bond donors (Lipinski definition) is 1. The fourth-order valence-corrected chi connectivity index (χ4v) is 3.21. The molecule has 6 heteroatoms. The van der Waals surface area contributed by atoms with Gasteiger partial charge < -0.3 is 5.32 Å². The van der Waals surface area contributed by atoms with Crippen LogP contribution in [0.4, 0.5) is 5.69 Å². The molecule has 19 heavy (non-hydrogen) atoms. The number of carbonyl (C=O) groups is 1. The van der Waals surface area contributed by atoms with Crippen molar-refractivity contribution in [1.82, 2.24) is 0 Å². The Morgan fingerprint density at radius 2 is 1.58 bits per heavy atom. The van der Waals surface area contributed by atoms with E-state index in [2.05, 4.69) is 50.5 Å². The second kappa shape index (κ2) is 6.60. The minimum atomic E-state index is -0.188. The Morgan fingerprint density at radius 3 is 2.26 bits per heavy atom. The highest BCUT2D eigenvalue weighted by Gasteiger charge is 2.12. The Bertz CT molecular complexity index is 647. The Hall–Kier alpha value is -0.0500. The first-order valence-electron chi connectivity index (χ1n) is 5.19. The molecule has 0 saturated carbocycles. The first-order chi connectivity index (χ1) is 8.97. The lowest BCUT2D eigenvalue weighted by atomic mass is 10.2. The van der Waals surface area contributed by atoms with Crippen LogP contribution in [0.3, 0.4) is 0 Å². The first kappa shape index (κ1) is 15.3. The van der Waals surface area contributed by atoms with Crippen molar-refractivity contribution in [3.63, 3.8) is 0 Å². The minimum Gasteiger partial charge on any atom is -0.321 e. The van der Waals surface area contributed by atoms with Crippen LogP contribution in [0.15, 0.2) is 36.4 Å². The predicted octanol–water partition coefficient (Wildman–Crippen LogP) is 5.45. The van der Waals surface area contributed by atoms with Crippen LogP contribution < -0.4 is 5.32 Å². The van der Waals surface area contributed by atoms with Crippen molar-refractivity contribution in [3.8, 4) is 0 Å². The van der Waals surface area contributed by atoms with Crippen LogP contribution in [0, 0.1) is 7.14 Å². The summed E-state index contributed by atoms with van der Waals surface area (Å²) < 4.78 is 1.74. The van der Waals surface area contributed by atoms with Crippen LogP contribution >= 0.6 is 68.4 Å². The third kappa shape index (κ3) is 3.96. The zero-order valence-electron chi connectivity index (χ0n) is 9.38. The lowest BCUT2D eigenvalue weighted by Gasteiger charge is -2.09. The highest BCUT2D eigenvalue weighted by atomic mass is 127. The molecule has 0 aromatic heterocycles. The smallest absolute Gasteiger partial charge is 0.256 e. The number of hydrogen-bond acceptors (Lipinski definition) is 1. The number of nitrogens with one attached hydrogen (secondary N) is 1. The third-order valence-corrected chi connectivity index (χ3v) is 4.66. The Morgan fingerprint density at radius 1 is 0.947 bits per heavy atom. The molecule has 0 unspecified atom stereocenters. The van der Waals surface area contributed by atoms with E-state index in [9.17, 15) is 4.79 Å². The molecule has 0 aliphatic carbocycles. The van der Waals surface area contributed by atoms with E-state index in [-0.39, 0.29) is 5.91 Å². The zero-order valence-corrected chi connectivity index (χ0v) is 15.2. The second-order valence-corrected chi connectivity index (χ2v) is 6.90. The van der Waals surface area contributed by atoms with Crippen molar-refractivity contribution in [1.29, 1.82) is 0 Å². The van der Waals surface area contributed by atoms with Gasteiger partial charge in [-0.2, -0.15) is 0 Å². The largest absolute Gasteiger partial charge is 0.321 e. The van der Waals surface area contributed by atoms with E-state index in [1.807, 2.05) is 6.07 Å². The molecule has 0 spiro atoms. The summed E-state index contributed by atoms with van der Waals surface area (Å²) in [5.41, 5.74) is 1.28. The molecule has 1 amide bonds. The summed E-state index contributed by atoms with van der Waals surface area (Å²) in [5, 5.41) is 4.03. The van der Waals surface area contributed by atoms with Crippen LogP contribution in [-0.2, 0) is 0 Å². The summed E-state index contributed by atoms with van der Waals surface area (Å²) in [7, 11) is 0. The van der Waals surface area contributed by atoms with Gasteiger partial charge in [-0.1, -0.05) is 23.2 Å². The van der Waals surface area contributed by atoms with Gasteiger partial charge in [0, 0.05) is 17.2 Å². The molecule has 98 valence electrons. The van der Waals surface area contributed by atoms with Gasteiger partial charge in [0.25, 0.3) is 5.91 Å². The molecule has 1 N–H and O–H groups in total. The molecule has 0 fully saturated rings. The average molecular weight is 518 g/mol. The molecule has 2 nitrogen and oxygen atoms in total. The summed E-state index contributed by atoms with van der Waals surface area (Å²) in [6, 6.07) is 10.5. The monoisotopic (exact) mass is 517 g/mol. The number of halogens is 4. The molecule has 0 atom stereocenters. The van der Waals surface area contributed by atoms with Crippen LogP contribution in [0.5, 0.6) is 0 Å². The van der Waals surface area contributed by atoms with Gasteiger partial charge in [0.1, 0.15) is 0 Å². The number of rotatable bonds is 2. The van der Waals surface area contributed by atoms with E-state index in [4.69, 9.17) is 23.2 Å². The average Bonchev–Trinajstić information content (AvgIpc) is 2.35. The fraction of sp³-hybridized carbons (Fsp3) is 0. The molecule has 0 bridgehead atoms. The van der Waals surface area contributed by atoms with E-state index >= 15 is 0 Å². The van der Waals surface area contributed by atoms with Crippen LogP contribution in [0.2, 0.25) is 10.0 Å². The normalized spacial score (nSPS) is 10.3. The van der Waals surface area contributed by atoms with Gasteiger partial charge in [0.2, 0.25) is 0 Å². The molecule has 0 radical (unpaired) electrons. The van der Waals surface area contributed by atoms with Gasteiger partial charge in [-0.15, -0.1) is 0 Å². The van der Waals surface area contributed by atoms with E-state index in [1.54, 1.807) is 30.3 Å². The second-order valence-electron chi connectivity index (χ2n) is 3.70. The van der Waals surface area contributed by atoms with Gasteiger partial charge in [-0.3, -0.25) is 4.79 Å². The standard InChI is InChI=1S/C13H7Cl2I2NO/c14-7-1-3-10(16)9(5-7)13(19)18-12-4-2-8(15)6-11(12)17/h1-6H,(H,18,19). The Labute approximate surface area is 148 Å². The molecule has 0 aliphatic rings. The molecule has 2 rings (SSSR count). The maximum absolute atomic E-state index is 12.2. The topological polar surface area (TPSA) is 29.1 Å².